The minimum Gasteiger partial charge on any atom is -0.469 e. The summed E-state index contributed by atoms with van der Waals surface area (Å²) in [6.45, 7) is 5.73. The second kappa shape index (κ2) is 6.38. The zero-order chi connectivity index (χ0) is 12.3. The van der Waals surface area contributed by atoms with E-state index in [1.807, 2.05) is 19.9 Å². The number of aryl methyl sites for hydroxylation is 1. The molecule has 0 saturated heterocycles. The highest BCUT2D eigenvalue weighted by Gasteiger charge is 2.37. The van der Waals surface area contributed by atoms with E-state index in [1.54, 1.807) is 11.3 Å². The third-order valence-corrected chi connectivity index (χ3v) is 4.14. The van der Waals surface area contributed by atoms with Crippen LogP contribution >= 0.6 is 23.7 Å². The van der Waals surface area contributed by atoms with Gasteiger partial charge in [-0.15, -0.1) is 23.7 Å². The standard InChI is InChI=1S/C12H19NO2S.ClH/c1-5-8-6-7-9(16-8)10(13)12(2,3)11(14)15-4;/h6-7,10H,5,13H2,1-4H3;1H/t10-;/m1./s1. The molecule has 98 valence electrons. The molecule has 0 radical (unpaired) electrons. The van der Waals surface area contributed by atoms with Crippen LogP contribution in [0.3, 0.4) is 0 Å². The second-order valence-electron chi connectivity index (χ2n) is 4.35. The molecule has 1 aromatic rings. The van der Waals surface area contributed by atoms with Crippen molar-refractivity contribution in [2.75, 3.05) is 7.11 Å². The van der Waals surface area contributed by atoms with Gasteiger partial charge in [-0.1, -0.05) is 6.92 Å². The van der Waals surface area contributed by atoms with Crippen molar-refractivity contribution in [2.45, 2.75) is 33.2 Å². The topological polar surface area (TPSA) is 52.3 Å². The quantitative estimate of drug-likeness (QED) is 0.861. The molecule has 0 saturated carbocycles. The van der Waals surface area contributed by atoms with Gasteiger partial charge >= 0.3 is 5.97 Å². The number of rotatable bonds is 4. The van der Waals surface area contributed by atoms with Gasteiger partial charge in [0.1, 0.15) is 0 Å². The van der Waals surface area contributed by atoms with Crippen LogP contribution in [-0.4, -0.2) is 13.1 Å². The Morgan fingerprint density at radius 1 is 1.53 bits per heavy atom. The van der Waals surface area contributed by atoms with Crippen LogP contribution in [0.2, 0.25) is 0 Å². The summed E-state index contributed by atoms with van der Waals surface area (Å²) in [5.41, 5.74) is 5.44. The maximum absolute atomic E-state index is 11.6. The van der Waals surface area contributed by atoms with Gasteiger partial charge in [-0.3, -0.25) is 4.79 Å². The fourth-order valence-corrected chi connectivity index (χ4v) is 2.64. The van der Waals surface area contributed by atoms with Crippen molar-refractivity contribution in [1.29, 1.82) is 0 Å². The van der Waals surface area contributed by atoms with Gasteiger partial charge in [-0.25, -0.2) is 0 Å². The maximum atomic E-state index is 11.6. The summed E-state index contributed by atoms with van der Waals surface area (Å²) in [7, 11) is 1.39. The molecule has 0 aliphatic carbocycles. The van der Waals surface area contributed by atoms with E-state index in [0.717, 1.165) is 11.3 Å². The molecule has 0 aromatic carbocycles. The maximum Gasteiger partial charge on any atom is 0.313 e. The molecule has 0 aliphatic rings. The molecule has 5 heteroatoms. The summed E-state index contributed by atoms with van der Waals surface area (Å²) >= 11 is 1.66. The Labute approximate surface area is 113 Å². The van der Waals surface area contributed by atoms with Crippen LogP contribution in [0.5, 0.6) is 0 Å². The lowest BCUT2D eigenvalue weighted by atomic mass is 9.84. The number of carbonyl (C=O) groups is 1. The zero-order valence-electron chi connectivity index (χ0n) is 10.6. The van der Waals surface area contributed by atoms with Crippen LogP contribution in [0, 0.1) is 5.41 Å². The van der Waals surface area contributed by atoms with E-state index in [1.165, 1.54) is 12.0 Å². The molecule has 0 aliphatic heterocycles. The molecule has 3 nitrogen and oxygen atoms in total. The number of methoxy groups -OCH3 is 1. The number of thiophene rings is 1. The number of hydrogen-bond donors (Lipinski definition) is 1. The van der Waals surface area contributed by atoms with Gasteiger partial charge in [0.25, 0.3) is 0 Å². The lowest BCUT2D eigenvalue weighted by molar-refractivity contribution is -0.152. The van der Waals surface area contributed by atoms with Crippen LogP contribution in [0.4, 0.5) is 0 Å². The van der Waals surface area contributed by atoms with E-state index in [2.05, 4.69) is 13.0 Å². The highest BCUT2D eigenvalue weighted by Crippen LogP contribution is 2.35. The Morgan fingerprint density at radius 2 is 2.12 bits per heavy atom. The zero-order valence-corrected chi connectivity index (χ0v) is 12.3. The van der Waals surface area contributed by atoms with Crippen LogP contribution < -0.4 is 5.73 Å². The summed E-state index contributed by atoms with van der Waals surface area (Å²) in [6.07, 6.45) is 0.996. The third-order valence-electron chi connectivity index (χ3n) is 2.83. The normalized spacial score (nSPS) is 12.8. The molecule has 0 bridgehead atoms. The van der Waals surface area contributed by atoms with E-state index in [-0.39, 0.29) is 24.4 Å². The van der Waals surface area contributed by atoms with E-state index in [4.69, 9.17) is 10.5 Å². The second-order valence-corrected chi connectivity index (χ2v) is 5.55. The third kappa shape index (κ3) is 3.44. The number of carbonyl (C=O) groups excluding carboxylic acids is 1. The van der Waals surface area contributed by atoms with Crippen molar-refractivity contribution in [3.8, 4) is 0 Å². The summed E-state index contributed by atoms with van der Waals surface area (Å²) in [5, 5.41) is 0. The first-order valence-corrected chi connectivity index (χ1v) is 6.17. The molecule has 0 amide bonds. The fraction of sp³-hybridized carbons (Fsp3) is 0.583. The van der Waals surface area contributed by atoms with Crippen LogP contribution in [0.1, 0.15) is 36.6 Å². The minimum absolute atomic E-state index is 0. The largest absolute Gasteiger partial charge is 0.469 e. The highest BCUT2D eigenvalue weighted by molar-refractivity contribution is 7.12. The number of halogens is 1. The van der Waals surface area contributed by atoms with Gasteiger partial charge in [0.2, 0.25) is 0 Å². The van der Waals surface area contributed by atoms with E-state index < -0.39 is 5.41 Å². The first-order chi connectivity index (χ1) is 7.43. The average molecular weight is 278 g/mol. The SMILES string of the molecule is CCc1ccc([C@@H](N)C(C)(C)C(=O)OC)s1.Cl. The molecule has 1 aromatic heterocycles. The minimum atomic E-state index is -0.690. The lowest BCUT2D eigenvalue weighted by Gasteiger charge is -2.27. The average Bonchev–Trinajstić information content (AvgIpc) is 2.75. The predicted molar refractivity (Wildman–Crippen MR) is 73.7 cm³/mol. The van der Waals surface area contributed by atoms with Crippen LogP contribution in [0.25, 0.3) is 0 Å². The first-order valence-electron chi connectivity index (χ1n) is 5.36. The van der Waals surface area contributed by atoms with E-state index in [9.17, 15) is 4.79 Å². The van der Waals surface area contributed by atoms with Crippen molar-refractivity contribution in [2.24, 2.45) is 11.1 Å². The Bertz CT molecular complexity index is 376. The summed E-state index contributed by atoms with van der Waals surface area (Å²) in [6, 6.07) is 3.75. The Hall–Kier alpha value is -0.580. The van der Waals surface area contributed by atoms with Gasteiger partial charge in [0, 0.05) is 9.75 Å². The predicted octanol–water partition coefficient (Wildman–Crippen LogP) is 2.93. The van der Waals surface area contributed by atoms with Crippen LogP contribution in [-0.2, 0) is 16.0 Å². The van der Waals surface area contributed by atoms with Crippen LogP contribution in [0.15, 0.2) is 12.1 Å². The molecule has 0 spiro atoms. The molecule has 1 heterocycles. The molecule has 2 N–H and O–H groups in total. The highest BCUT2D eigenvalue weighted by atomic mass is 35.5. The van der Waals surface area contributed by atoms with Gasteiger partial charge in [0.05, 0.1) is 18.6 Å². The Morgan fingerprint density at radius 3 is 2.53 bits per heavy atom. The fourth-order valence-electron chi connectivity index (χ4n) is 1.50. The summed E-state index contributed by atoms with van der Waals surface area (Å²) in [5.74, 6) is -0.272. The van der Waals surface area contributed by atoms with E-state index >= 15 is 0 Å². The summed E-state index contributed by atoms with van der Waals surface area (Å²) < 4.78 is 4.78. The monoisotopic (exact) mass is 277 g/mol. The molecular weight excluding hydrogens is 258 g/mol. The number of hydrogen-bond acceptors (Lipinski definition) is 4. The smallest absolute Gasteiger partial charge is 0.313 e. The first kappa shape index (κ1) is 16.4. The number of esters is 1. The molecule has 0 unspecified atom stereocenters. The van der Waals surface area contributed by atoms with Gasteiger partial charge < -0.3 is 10.5 Å². The van der Waals surface area contributed by atoms with Crippen molar-refractivity contribution < 1.29 is 9.53 Å². The molecular formula is C12H20ClNO2S. The lowest BCUT2D eigenvalue weighted by Crippen LogP contribution is -2.36. The van der Waals surface area contributed by atoms with Gasteiger partial charge in [-0.05, 0) is 32.4 Å². The Kier molecular flexibility index (Phi) is 6.16. The van der Waals surface area contributed by atoms with Crippen molar-refractivity contribution in [1.82, 2.24) is 0 Å². The van der Waals surface area contributed by atoms with Crippen molar-refractivity contribution in [3.63, 3.8) is 0 Å². The number of ether oxygens (including phenoxy) is 1. The van der Waals surface area contributed by atoms with Gasteiger partial charge in [0.15, 0.2) is 0 Å². The Balaban J connectivity index is 0.00000256. The van der Waals surface area contributed by atoms with Crippen molar-refractivity contribution >= 4 is 29.7 Å². The van der Waals surface area contributed by atoms with Gasteiger partial charge in [-0.2, -0.15) is 0 Å². The molecule has 1 rings (SSSR count). The van der Waals surface area contributed by atoms with Crippen molar-refractivity contribution in [3.05, 3.63) is 21.9 Å². The molecule has 1 atom stereocenters. The molecule has 17 heavy (non-hydrogen) atoms. The summed E-state index contributed by atoms with van der Waals surface area (Å²) in [4.78, 5) is 13.9. The van der Waals surface area contributed by atoms with E-state index in [0.29, 0.717) is 0 Å². The molecule has 0 fully saturated rings. The number of nitrogens with two attached hydrogens (primary N) is 1.